The maximum Gasteiger partial charge on any atom is 0.245 e. The van der Waals surface area contributed by atoms with Crippen LogP contribution in [0.4, 0.5) is 4.39 Å². The second kappa shape index (κ2) is 4.38. The number of hydrogen-bond acceptors (Lipinski definition) is 1. The Bertz CT molecular complexity index is 465. The zero-order valence-electron chi connectivity index (χ0n) is 8.97. The fourth-order valence-electron chi connectivity index (χ4n) is 2.29. The van der Waals surface area contributed by atoms with Gasteiger partial charge in [0.1, 0.15) is 5.82 Å². The van der Waals surface area contributed by atoms with Gasteiger partial charge in [-0.25, -0.2) is 4.39 Å². The first-order chi connectivity index (χ1) is 7.61. The molecular weight excluding hydrogens is 227 g/mol. The molecule has 2 rings (SSSR count). The summed E-state index contributed by atoms with van der Waals surface area (Å²) in [5, 5.41) is -0.498. The summed E-state index contributed by atoms with van der Waals surface area (Å²) in [6, 6.07) is 4.75. The third-order valence-electron chi connectivity index (χ3n) is 3.05. The Balaban J connectivity index is 2.51. The van der Waals surface area contributed by atoms with Crippen LogP contribution in [0.2, 0.25) is 0 Å². The molecular formula is C13H12ClFO. The Labute approximate surface area is 98.9 Å². The second-order valence-electron chi connectivity index (χ2n) is 4.01. The third kappa shape index (κ3) is 2.03. The van der Waals surface area contributed by atoms with Crippen LogP contribution in [0.3, 0.4) is 0 Å². The Morgan fingerprint density at radius 3 is 3.00 bits per heavy atom. The number of hydrogen-bond donors (Lipinski definition) is 0. The van der Waals surface area contributed by atoms with Crippen molar-refractivity contribution in [3.63, 3.8) is 0 Å². The molecule has 3 heteroatoms. The van der Waals surface area contributed by atoms with E-state index in [9.17, 15) is 9.18 Å². The molecule has 0 fully saturated rings. The number of carbonyl (C=O) groups excluding carboxylic acids is 1. The topological polar surface area (TPSA) is 17.1 Å². The molecule has 0 radical (unpaired) electrons. The SMILES string of the molecule is CCC1CC(=CC(=O)Cl)c2cc(F)ccc21. The smallest absolute Gasteiger partial charge is 0.245 e. The number of halogens is 2. The van der Waals surface area contributed by atoms with Crippen molar-refractivity contribution >= 4 is 22.4 Å². The number of fused-ring (bicyclic) bond motifs is 1. The molecule has 1 nitrogen and oxygen atoms in total. The van der Waals surface area contributed by atoms with Crippen LogP contribution in [0.15, 0.2) is 24.3 Å². The quantitative estimate of drug-likeness (QED) is 0.565. The third-order valence-corrected chi connectivity index (χ3v) is 3.16. The van der Waals surface area contributed by atoms with Gasteiger partial charge in [-0.15, -0.1) is 0 Å². The van der Waals surface area contributed by atoms with Crippen molar-refractivity contribution in [1.82, 2.24) is 0 Å². The summed E-state index contributed by atoms with van der Waals surface area (Å²) in [6.45, 7) is 2.09. The molecule has 16 heavy (non-hydrogen) atoms. The van der Waals surface area contributed by atoms with Gasteiger partial charge in [-0.05, 0) is 59.2 Å². The average molecular weight is 239 g/mol. The Kier molecular flexibility index (Phi) is 3.10. The van der Waals surface area contributed by atoms with Gasteiger partial charge in [0.25, 0.3) is 0 Å². The molecule has 1 aliphatic carbocycles. The van der Waals surface area contributed by atoms with E-state index in [0.717, 1.165) is 29.5 Å². The van der Waals surface area contributed by atoms with Gasteiger partial charge in [0, 0.05) is 6.08 Å². The summed E-state index contributed by atoms with van der Waals surface area (Å²) < 4.78 is 13.2. The van der Waals surface area contributed by atoms with E-state index in [2.05, 4.69) is 6.92 Å². The Morgan fingerprint density at radius 1 is 1.62 bits per heavy atom. The van der Waals surface area contributed by atoms with E-state index in [-0.39, 0.29) is 5.82 Å². The summed E-state index contributed by atoms with van der Waals surface area (Å²) in [6.07, 6.45) is 3.15. The normalized spacial score (nSPS) is 21.2. The van der Waals surface area contributed by atoms with E-state index >= 15 is 0 Å². The number of benzene rings is 1. The highest BCUT2D eigenvalue weighted by Crippen LogP contribution is 2.42. The highest BCUT2D eigenvalue weighted by molar-refractivity contribution is 6.67. The van der Waals surface area contributed by atoms with E-state index in [1.807, 2.05) is 0 Å². The maximum absolute atomic E-state index is 13.2. The largest absolute Gasteiger partial charge is 0.276 e. The van der Waals surface area contributed by atoms with Gasteiger partial charge in [0.2, 0.25) is 5.24 Å². The van der Waals surface area contributed by atoms with E-state index in [1.54, 1.807) is 6.07 Å². The highest BCUT2D eigenvalue weighted by Gasteiger charge is 2.25. The van der Waals surface area contributed by atoms with Gasteiger partial charge in [-0.1, -0.05) is 13.0 Å². The van der Waals surface area contributed by atoms with Crippen molar-refractivity contribution in [3.05, 3.63) is 41.2 Å². The number of allylic oxidation sites excluding steroid dienone is 2. The molecule has 1 atom stereocenters. The predicted octanol–water partition coefficient (Wildman–Crippen LogP) is 3.87. The number of carbonyl (C=O) groups is 1. The first kappa shape index (κ1) is 11.3. The standard InChI is InChI=1S/C13H12ClFO/c1-2-8-5-9(6-13(14)16)12-7-10(15)3-4-11(8)12/h3-4,6-8H,2,5H2,1H3. The average Bonchev–Trinajstić information content (AvgIpc) is 2.55. The molecule has 84 valence electrons. The maximum atomic E-state index is 13.2. The van der Waals surface area contributed by atoms with Crippen molar-refractivity contribution in [2.45, 2.75) is 25.7 Å². The molecule has 0 N–H and O–H groups in total. The summed E-state index contributed by atoms with van der Waals surface area (Å²) in [5.41, 5.74) is 2.80. The van der Waals surface area contributed by atoms with Crippen molar-refractivity contribution < 1.29 is 9.18 Å². The van der Waals surface area contributed by atoms with Crippen molar-refractivity contribution in [2.75, 3.05) is 0 Å². The molecule has 0 bridgehead atoms. The minimum atomic E-state index is -0.498. The highest BCUT2D eigenvalue weighted by atomic mass is 35.5. The van der Waals surface area contributed by atoms with Gasteiger partial charge >= 0.3 is 0 Å². The van der Waals surface area contributed by atoms with Crippen molar-refractivity contribution in [1.29, 1.82) is 0 Å². The van der Waals surface area contributed by atoms with Crippen LogP contribution >= 0.6 is 11.6 Å². The first-order valence-corrected chi connectivity index (χ1v) is 5.69. The summed E-state index contributed by atoms with van der Waals surface area (Å²) in [5.74, 6) is 0.0984. The molecule has 0 amide bonds. The van der Waals surface area contributed by atoms with E-state index in [1.165, 1.54) is 18.2 Å². The van der Waals surface area contributed by atoms with Gasteiger partial charge in [-0.3, -0.25) is 4.79 Å². The van der Waals surface area contributed by atoms with Crippen LogP contribution < -0.4 is 0 Å². The zero-order chi connectivity index (χ0) is 11.7. The Hall–Kier alpha value is -1.15. The minimum Gasteiger partial charge on any atom is -0.276 e. The lowest BCUT2D eigenvalue weighted by atomic mass is 9.99. The van der Waals surface area contributed by atoms with Gasteiger partial charge in [0.05, 0.1) is 0 Å². The van der Waals surface area contributed by atoms with E-state index in [4.69, 9.17) is 11.6 Å². The lowest BCUT2D eigenvalue weighted by molar-refractivity contribution is -0.107. The minimum absolute atomic E-state index is 0.275. The van der Waals surface area contributed by atoms with E-state index < -0.39 is 5.24 Å². The molecule has 1 aromatic carbocycles. The fraction of sp³-hybridized carbons (Fsp3) is 0.308. The molecule has 0 spiro atoms. The van der Waals surface area contributed by atoms with Gasteiger partial charge in [-0.2, -0.15) is 0 Å². The lowest BCUT2D eigenvalue weighted by Gasteiger charge is -2.06. The van der Waals surface area contributed by atoms with Crippen LogP contribution in [0.25, 0.3) is 5.57 Å². The van der Waals surface area contributed by atoms with E-state index in [0.29, 0.717) is 5.92 Å². The molecule has 0 saturated carbocycles. The molecule has 1 aliphatic rings. The fourth-order valence-corrected chi connectivity index (χ4v) is 2.42. The van der Waals surface area contributed by atoms with Gasteiger partial charge in [0.15, 0.2) is 0 Å². The summed E-state index contributed by atoms with van der Waals surface area (Å²) >= 11 is 5.35. The lowest BCUT2D eigenvalue weighted by Crippen LogP contribution is -1.90. The Morgan fingerprint density at radius 2 is 2.38 bits per heavy atom. The molecule has 1 aromatic rings. The molecule has 0 aromatic heterocycles. The monoisotopic (exact) mass is 238 g/mol. The molecule has 1 unspecified atom stereocenters. The first-order valence-electron chi connectivity index (χ1n) is 5.31. The van der Waals surface area contributed by atoms with Crippen LogP contribution in [-0.2, 0) is 4.79 Å². The van der Waals surface area contributed by atoms with Crippen LogP contribution in [-0.4, -0.2) is 5.24 Å². The summed E-state index contributed by atoms with van der Waals surface area (Å²) in [7, 11) is 0. The predicted molar refractivity (Wildman–Crippen MR) is 62.9 cm³/mol. The van der Waals surface area contributed by atoms with Crippen LogP contribution in [0, 0.1) is 5.82 Å². The second-order valence-corrected chi connectivity index (χ2v) is 4.39. The number of rotatable bonds is 2. The summed E-state index contributed by atoms with van der Waals surface area (Å²) in [4.78, 5) is 10.9. The van der Waals surface area contributed by atoms with Crippen LogP contribution in [0.1, 0.15) is 36.8 Å². The van der Waals surface area contributed by atoms with Crippen molar-refractivity contribution in [2.24, 2.45) is 0 Å². The molecule has 0 aliphatic heterocycles. The molecule has 0 saturated heterocycles. The van der Waals surface area contributed by atoms with Gasteiger partial charge < -0.3 is 0 Å². The van der Waals surface area contributed by atoms with Crippen molar-refractivity contribution in [3.8, 4) is 0 Å². The van der Waals surface area contributed by atoms with Crippen LogP contribution in [0.5, 0.6) is 0 Å². The zero-order valence-corrected chi connectivity index (χ0v) is 9.72. The molecule has 0 heterocycles.